The first-order valence-electron chi connectivity index (χ1n) is 8.83. The lowest BCUT2D eigenvalue weighted by atomic mass is 10.1. The van der Waals surface area contributed by atoms with E-state index in [1.165, 1.54) is 36.4 Å². The number of fused-ring (bicyclic) bond motifs is 1. The van der Waals surface area contributed by atoms with Gasteiger partial charge in [0.25, 0.3) is 17.7 Å². The molecule has 0 spiro atoms. The molecule has 4 rings (SSSR count). The summed E-state index contributed by atoms with van der Waals surface area (Å²) in [4.78, 5) is 38.8. The smallest absolute Gasteiger partial charge is 0.261 e. The number of halogens is 2. The molecule has 1 saturated heterocycles. The first-order valence-corrected chi connectivity index (χ1v) is 9.20. The molecule has 8 heteroatoms. The Bertz CT molecular complexity index is 988. The van der Waals surface area contributed by atoms with Crippen LogP contribution in [0.4, 0.5) is 10.1 Å². The fourth-order valence-electron chi connectivity index (χ4n) is 3.38. The number of nitrogens with zero attached hydrogens (tertiary/aromatic N) is 1. The summed E-state index contributed by atoms with van der Waals surface area (Å²) in [7, 11) is 0. The van der Waals surface area contributed by atoms with Crippen LogP contribution in [0.25, 0.3) is 0 Å². The molecule has 0 bridgehead atoms. The van der Waals surface area contributed by atoms with E-state index < -0.39 is 23.5 Å². The lowest BCUT2D eigenvalue weighted by Crippen LogP contribution is -2.36. The molecule has 1 unspecified atom stereocenters. The highest BCUT2D eigenvalue weighted by Crippen LogP contribution is 2.27. The van der Waals surface area contributed by atoms with E-state index >= 15 is 0 Å². The second-order valence-corrected chi connectivity index (χ2v) is 7.08. The second kappa shape index (κ2) is 7.33. The molecular weight excluding hydrogens is 387 g/mol. The van der Waals surface area contributed by atoms with E-state index in [1.54, 1.807) is 0 Å². The van der Waals surface area contributed by atoms with Crippen LogP contribution in [0.2, 0.25) is 5.02 Å². The average Bonchev–Trinajstić information content (AvgIpc) is 3.28. The van der Waals surface area contributed by atoms with Crippen molar-refractivity contribution in [2.75, 3.05) is 18.5 Å². The number of benzene rings is 2. The van der Waals surface area contributed by atoms with Gasteiger partial charge in [0.15, 0.2) is 5.82 Å². The van der Waals surface area contributed by atoms with Gasteiger partial charge in [-0.1, -0.05) is 17.7 Å². The van der Waals surface area contributed by atoms with Crippen LogP contribution in [0.3, 0.4) is 0 Å². The van der Waals surface area contributed by atoms with E-state index in [0.717, 1.165) is 17.7 Å². The Labute approximate surface area is 165 Å². The Morgan fingerprint density at radius 3 is 2.75 bits per heavy atom. The lowest BCUT2D eigenvalue weighted by Gasteiger charge is -2.17. The summed E-state index contributed by atoms with van der Waals surface area (Å²) >= 11 is 5.72. The van der Waals surface area contributed by atoms with Crippen molar-refractivity contribution in [2.24, 2.45) is 0 Å². The molecule has 2 heterocycles. The van der Waals surface area contributed by atoms with E-state index in [9.17, 15) is 18.8 Å². The first kappa shape index (κ1) is 18.6. The van der Waals surface area contributed by atoms with Crippen LogP contribution < -0.4 is 5.32 Å². The SMILES string of the molecule is O=C(Nc1cccc(Cl)c1F)c1ccc2c(c1)C(=O)N(CC1CCCO1)C2=O. The summed E-state index contributed by atoms with van der Waals surface area (Å²) in [6.07, 6.45) is 1.54. The molecule has 144 valence electrons. The summed E-state index contributed by atoms with van der Waals surface area (Å²) in [5, 5.41) is 2.31. The van der Waals surface area contributed by atoms with Crippen LogP contribution in [0.15, 0.2) is 36.4 Å². The molecule has 3 amide bonds. The van der Waals surface area contributed by atoms with Gasteiger partial charge in [-0.15, -0.1) is 0 Å². The highest BCUT2D eigenvalue weighted by atomic mass is 35.5. The monoisotopic (exact) mass is 402 g/mol. The number of nitrogens with one attached hydrogen (secondary N) is 1. The predicted octanol–water partition coefficient (Wildman–Crippen LogP) is 3.51. The third-order valence-corrected chi connectivity index (χ3v) is 5.13. The Hall–Kier alpha value is -2.77. The molecule has 2 aliphatic heterocycles. The minimum absolute atomic E-state index is 0.0691. The van der Waals surface area contributed by atoms with Gasteiger partial charge >= 0.3 is 0 Å². The van der Waals surface area contributed by atoms with Crippen LogP contribution in [0, 0.1) is 5.82 Å². The molecule has 0 saturated carbocycles. The van der Waals surface area contributed by atoms with Gasteiger partial charge in [-0.3, -0.25) is 19.3 Å². The van der Waals surface area contributed by atoms with Crippen molar-refractivity contribution in [1.82, 2.24) is 4.90 Å². The van der Waals surface area contributed by atoms with Gasteiger partial charge < -0.3 is 10.1 Å². The Morgan fingerprint density at radius 1 is 1.21 bits per heavy atom. The number of hydrogen-bond donors (Lipinski definition) is 1. The van der Waals surface area contributed by atoms with Crippen molar-refractivity contribution in [1.29, 1.82) is 0 Å². The number of imide groups is 1. The number of anilines is 1. The second-order valence-electron chi connectivity index (χ2n) is 6.67. The molecule has 1 fully saturated rings. The number of carbonyl (C=O) groups is 3. The molecule has 2 aliphatic rings. The Kier molecular flexibility index (Phi) is 4.87. The number of amides is 3. The van der Waals surface area contributed by atoms with E-state index in [4.69, 9.17) is 16.3 Å². The Balaban J connectivity index is 1.55. The molecule has 0 radical (unpaired) electrons. The van der Waals surface area contributed by atoms with Gasteiger partial charge in [-0.25, -0.2) is 4.39 Å². The minimum Gasteiger partial charge on any atom is -0.376 e. The minimum atomic E-state index is -0.743. The highest BCUT2D eigenvalue weighted by Gasteiger charge is 2.38. The number of hydrogen-bond acceptors (Lipinski definition) is 4. The maximum Gasteiger partial charge on any atom is 0.261 e. The normalized spacial score (nSPS) is 18.5. The van der Waals surface area contributed by atoms with Crippen LogP contribution in [0.5, 0.6) is 0 Å². The van der Waals surface area contributed by atoms with Gasteiger partial charge in [0.1, 0.15) is 0 Å². The van der Waals surface area contributed by atoms with Crippen molar-refractivity contribution < 1.29 is 23.5 Å². The number of rotatable bonds is 4. The third-order valence-electron chi connectivity index (χ3n) is 4.84. The van der Waals surface area contributed by atoms with Gasteiger partial charge in [0.05, 0.1) is 34.5 Å². The summed E-state index contributed by atoms with van der Waals surface area (Å²) in [6, 6.07) is 8.47. The quantitative estimate of drug-likeness (QED) is 0.794. The Morgan fingerprint density at radius 2 is 2.00 bits per heavy atom. The van der Waals surface area contributed by atoms with Gasteiger partial charge in [0.2, 0.25) is 0 Å². The molecule has 2 aromatic rings. The van der Waals surface area contributed by atoms with Crippen LogP contribution in [-0.2, 0) is 4.74 Å². The fraction of sp³-hybridized carbons (Fsp3) is 0.250. The van der Waals surface area contributed by atoms with Crippen LogP contribution in [0.1, 0.15) is 43.9 Å². The first-order chi connectivity index (χ1) is 13.5. The summed E-state index contributed by atoms with van der Waals surface area (Å²) in [6.45, 7) is 0.819. The average molecular weight is 403 g/mol. The van der Waals surface area contributed by atoms with Gasteiger partial charge in [-0.2, -0.15) is 0 Å². The van der Waals surface area contributed by atoms with E-state index in [-0.39, 0.29) is 40.0 Å². The van der Waals surface area contributed by atoms with Crippen molar-refractivity contribution >= 4 is 35.0 Å². The molecule has 2 aromatic carbocycles. The summed E-state index contributed by atoms with van der Waals surface area (Å²) < 4.78 is 19.5. The van der Waals surface area contributed by atoms with E-state index in [2.05, 4.69) is 5.32 Å². The zero-order valence-electron chi connectivity index (χ0n) is 14.7. The van der Waals surface area contributed by atoms with Crippen molar-refractivity contribution in [2.45, 2.75) is 18.9 Å². The molecular formula is C20H16ClFN2O4. The number of ether oxygens (including phenoxy) is 1. The lowest BCUT2D eigenvalue weighted by molar-refractivity contribution is 0.0475. The maximum absolute atomic E-state index is 14.0. The topological polar surface area (TPSA) is 75.7 Å². The number of carbonyl (C=O) groups excluding carboxylic acids is 3. The predicted molar refractivity (Wildman–Crippen MR) is 100 cm³/mol. The molecule has 1 N–H and O–H groups in total. The van der Waals surface area contributed by atoms with Gasteiger partial charge in [0, 0.05) is 12.2 Å². The van der Waals surface area contributed by atoms with Crippen molar-refractivity contribution in [3.05, 3.63) is 63.9 Å². The highest BCUT2D eigenvalue weighted by molar-refractivity contribution is 6.31. The maximum atomic E-state index is 14.0. The van der Waals surface area contributed by atoms with Crippen LogP contribution in [-0.4, -0.2) is 41.9 Å². The van der Waals surface area contributed by atoms with Gasteiger partial charge in [-0.05, 0) is 43.2 Å². The fourth-order valence-corrected chi connectivity index (χ4v) is 3.56. The van der Waals surface area contributed by atoms with E-state index in [0.29, 0.717) is 6.61 Å². The molecule has 0 aromatic heterocycles. The third kappa shape index (κ3) is 3.27. The zero-order valence-corrected chi connectivity index (χ0v) is 15.5. The van der Waals surface area contributed by atoms with Crippen molar-refractivity contribution in [3.63, 3.8) is 0 Å². The molecule has 6 nitrogen and oxygen atoms in total. The van der Waals surface area contributed by atoms with E-state index in [1.807, 2.05) is 0 Å². The largest absolute Gasteiger partial charge is 0.376 e. The summed E-state index contributed by atoms with van der Waals surface area (Å²) in [5.74, 6) is -2.21. The molecule has 0 aliphatic carbocycles. The molecule has 28 heavy (non-hydrogen) atoms. The summed E-state index contributed by atoms with van der Waals surface area (Å²) in [5.41, 5.74) is 0.467. The zero-order chi connectivity index (χ0) is 19.8. The molecule has 1 atom stereocenters. The standard InChI is InChI=1S/C20H16ClFN2O4/c21-15-4-1-5-16(17(15)22)23-18(25)11-6-7-13-14(9-11)20(27)24(19(13)26)10-12-3-2-8-28-12/h1,4-7,9,12H,2-3,8,10H2,(H,23,25). The van der Waals surface area contributed by atoms with Crippen LogP contribution >= 0.6 is 11.6 Å². The van der Waals surface area contributed by atoms with Crippen molar-refractivity contribution in [3.8, 4) is 0 Å².